The molecule has 1 saturated heterocycles. The second-order valence-electron chi connectivity index (χ2n) is 4.80. The molecule has 3 heterocycles. The van der Waals surface area contributed by atoms with Gasteiger partial charge >= 0.3 is 0 Å². The Bertz CT molecular complexity index is 751. The summed E-state index contributed by atoms with van der Waals surface area (Å²) in [5, 5.41) is 6.92. The zero-order valence-corrected chi connectivity index (χ0v) is 12.1. The average molecular weight is 303 g/mol. The number of imide groups is 1. The fourth-order valence-corrected chi connectivity index (χ4v) is 2.70. The van der Waals surface area contributed by atoms with Crippen LogP contribution in [0.1, 0.15) is 18.9 Å². The van der Waals surface area contributed by atoms with Crippen LogP contribution in [-0.2, 0) is 9.59 Å². The standard InChI is InChI=1S/C13H13N5O2S/c1-17-10(19)3-2-9(12(17)20)18-11(15-16-13(18)21)8-4-6-14-7-5-8/h4-7,9H,2-3H2,1H3,(H,16,21). The van der Waals surface area contributed by atoms with Gasteiger partial charge in [0.15, 0.2) is 10.6 Å². The Morgan fingerprint density at radius 3 is 2.76 bits per heavy atom. The van der Waals surface area contributed by atoms with Crippen LogP contribution >= 0.6 is 12.2 Å². The third kappa shape index (κ3) is 2.27. The highest BCUT2D eigenvalue weighted by atomic mass is 32.1. The minimum absolute atomic E-state index is 0.170. The SMILES string of the molecule is CN1C(=O)CCC(n2c(-c3ccncc3)n[nH]c2=S)C1=O. The summed E-state index contributed by atoms with van der Waals surface area (Å²) in [4.78, 5) is 29.1. The minimum Gasteiger partial charge on any atom is -0.287 e. The zero-order valence-electron chi connectivity index (χ0n) is 11.3. The van der Waals surface area contributed by atoms with Crippen molar-refractivity contribution in [3.63, 3.8) is 0 Å². The summed E-state index contributed by atoms with van der Waals surface area (Å²) in [6.07, 6.45) is 4.04. The van der Waals surface area contributed by atoms with E-state index in [1.807, 2.05) is 0 Å². The Morgan fingerprint density at radius 1 is 1.33 bits per heavy atom. The van der Waals surface area contributed by atoms with Crippen LogP contribution in [0.5, 0.6) is 0 Å². The van der Waals surface area contributed by atoms with Crippen molar-refractivity contribution in [2.75, 3.05) is 7.05 Å². The van der Waals surface area contributed by atoms with E-state index in [-0.39, 0.29) is 11.8 Å². The molecule has 0 bridgehead atoms. The van der Waals surface area contributed by atoms with Crippen LogP contribution < -0.4 is 0 Å². The third-order valence-electron chi connectivity index (χ3n) is 3.58. The predicted molar refractivity (Wildman–Crippen MR) is 76.7 cm³/mol. The average Bonchev–Trinajstić information content (AvgIpc) is 2.88. The van der Waals surface area contributed by atoms with Crippen molar-refractivity contribution >= 4 is 24.0 Å². The number of carbonyl (C=O) groups excluding carboxylic acids is 2. The number of nitrogens with one attached hydrogen (secondary N) is 1. The van der Waals surface area contributed by atoms with E-state index in [9.17, 15) is 9.59 Å². The number of hydrogen-bond donors (Lipinski definition) is 1. The third-order valence-corrected chi connectivity index (χ3v) is 3.86. The van der Waals surface area contributed by atoms with E-state index in [2.05, 4.69) is 15.2 Å². The molecule has 0 spiro atoms. The molecule has 21 heavy (non-hydrogen) atoms. The Balaban J connectivity index is 2.08. The van der Waals surface area contributed by atoms with Crippen molar-refractivity contribution in [3.8, 4) is 11.4 Å². The monoisotopic (exact) mass is 303 g/mol. The van der Waals surface area contributed by atoms with Gasteiger partial charge in [0.25, 0.3) is 5.91 Å². The Morgan fingerprint density at radius 2 is 2.05 bits per heavy atom. The van der Waals surface area contributed by atoms with Crippen molar-refractivity contribution in [2.45, 2.75) is 18.9 Å². The number of likely N-dealkylation sites (N-methyl/N-ethyl adjacent to an activating group) is 1. The smallest absolute Gasteiger partial charge is 0.252 e. The highest BCUT2D eigenvalue weighted by molar-refractivity contribution is 7.71. The van der Waals surface area contributed by atoms with Gasteiger partial charge in [-0.15, -0.1) is 0 Å². The van der Waals surface area contributed by atoms with Crippen LogP contribution in [0.25, 0.3) is 11.4 Å². The van der Waals surface area contributed by atoms with E-state index >= 15 is 0 Å². The van der Waals surface area contributed by atoms with Gasteiger partial charge in [-0.25, -0.2) is 0 Å². The topological polar surface area (TPSA) is 83.9 Å². The van der Waals surface area contributed by atoms with Gasteiger partial charge in [0.2, 0.25) is 5.91 Å². The van der Waals surface area contributed by atoms with Crippen molar-refractivity contribution in [3.05, 3.63) is 29.3 Å². The molecular formula is C13H13N5O2S. The number of nitrogens with zero attached hydrogens (tertiary/aromatic N) is 4. The number of aromatic nitrogens is 4. The number of carbonyl (C=O) groups is 2. The first-order valence-corrected chi connectivity index (χ1v) is 6.88. The minimum atomic E-state index is -0.512. The number of H-pyrrole nitrogens is 1. The molecule has 1 aliphatic heterocycles. The maximum Gasteiger partial charge on any atom is 0.252 e. The zero-order chi connectivity index (χ0) is 15.0. The molecule has 1 atom stereocenters. The van der Waals surface area contributed by atoms with E-state index in [0.717, 1.165) is 10.5 Å². The predicted octanol–water partition coefficient (Wildman–Crippen LogP) is 1.32. The van der Waals surface area contributed by atoms with Crippen molar-refractivity contribution in [1.82, 2.24) is 24.6 Å². The molecule has 0 aromatic carbocycles. The van der Waals surface area contributed by atoms with Gasteiger partial charge in [-0.1, -0.05) is 0 Å². The van der Waals surface area contributed by atoms with E-state index in [0.29, 0.717) is 23.4 Å². The van der Waals surface area contributed by atoms with E-state index in [1.165, 1.54) is 7.05 Å². The molecule has 1 fully saturated rings. The highest BCUT2D eigenvalue weighted by Crippen LogP contribution is 2.28. The van der Waals surface area contributed by atoms with Crippen LogP contribution in [0.15, 0.2) is 24.5 Å². The lowest BCUT2D eigenvalue weighted by molar-refractivity contribution is -0.149. The van der Waals surface area contributed by atoms with Gasteiger partial charge in [0.1, 0.15) is 6.04 Å². The van der Waals surface area contributed by atoms with Gasteiger partial charge in [-0.3, -0.25) is 29.1 Å². The molecule has 1 unspecified atom stereocenters. The van der Waals surface area contributed by atoms with E-state index in [1.54, 1.807) is 29.1 Å². The Kier molecular flexibility index (Phi) is 3.38. The van der Waals surface area contributed by atoms with Gasteiger partial charge in [-0.2, -0.15) is 5.10 Å². The largest absolute Gasteiger partial charge is 0.287 e. The number of aromatic amines is 1. The molecule has 1 aliphatic rings. The fourth-order valence-electron chi connectivity index (χ4n) is 2.44. The summed E-state index contributed by atoms with van der Waals surface area (Å²) in [5.74, 6) is 0.138. The molecular weight excluding hydrogens is 290 g/mol. The summed E-state index contributed by atoms with van der Waals surface area (Å²) in [5.41, 5.74) is 0.810. The van der Waals surface area contributed by atoms with Gasteiger partial charge in [0.05, 0.1) is 0 Å². The lowest BCUT2D eigenvalue weighted by Crippen LogP contribution is -2.43. The molecule has 2 amide bonds. The van der Waals surface area contributed by atoms with Gasteiger partial charge in [-0.05, 0) is 30.8 Å². The normalized spacial score (nSPS) is 19.1. The molecule has 2 aromatic rings. The van der Waals surface area contributed by atoms with E-state index in [4.69, 9.17) is 12.2 Å². The first-order chi connectivity index (χ1) is 10.1. The molecule has 108 valence electrons. The molecule has 7 nitrogen and oxygen atoms in total. The molecule has 0 radical (unpaired) electrons. The van der Waals surface area contributed by atoms with Crippen LogP contribution in [0.3, 0.4) is 0 Å². The molecule has 0 saturated carbocycles. The van der Waals surface area contributed by atoms with Crippen molar-refractivity contribution in [2.24, 2.45) is 0 Å². The second kappa shape index (κ2) is 5.21. The summed E-state index contributed by atoms with van der Waals surface area (Å²) in [6.45, 7) is 0. The summed E-state index contributed by atoms with van der Waals surface area (Å²) in [7, 11) is 1.49. The summed E-state index contributed by atoms with van der Waals surface area (Å²) >= 11 is 5.25. The van der Waals surface area contributed by atoms with E-state index < -0.39 is 6.04 Å². The van der Waals surface area contributed by atoms with Gasteiger partial charge in [0, 0.05) is 31.4 Å². The first-order valence-electron chi connectivity index (χ1n) is 6.47. The lowest BCUT2D eigenvalue weighted by atomic mass is 10.0. The Labute approximate surface area is 125 Å². The maximum absolute atomic E-state index is 12.4. The maximum atomic E-state index is 12.4. The van der Waals surface area contributed by atoms with Crippen molar-refractivity contribution < 1.29 is 9.59 Å². The second-order valence-corrected chi connectivity index (χ2v) is 5.19. The quantitative estimate of drug-likeness (QED) is 0.668. The number of pyridine rings is 1. The first kappa shape index (κ1) is 13.6. The number of amides is 2. The number of likely N-dealkylation sites (tertiary alicyclic amines) is 1. The lowest BCUT2D eigenvalue weighted by Gasteiger charge is -2.28. The summed E-state index contributed by atoms with van der Waals surface area (Å²) < 4.78 is 2.04. The molecule has 2 aromatic heterocycles. The fraction of sp³-hybridized carbons (Fsp3) is 0.308. The van der Waals surface area contributed by atoms with Crippen LogP contribution in [0.2, 0.25) is 0 Å². The number of piperidine rings is 1. The Hall–Kier alpha value is -2.35. The number of rotatable bonds is 2. The molecule has 1 N–H and O–H groups in total. The summed E-state index contributed by atoms with van der Waals surface area (Å²) in [6, 6.07) is 3.08. The highest BCUT2D eigenvalue weighted by Gasteiger charge is 2.34. The van der Waals surface area contributed by atoms with Crippen LogP contribution in [-0.4, -0.2) is 43.5 Å². The molecule has 3 rings (SSSR count). The molecule has 8 heteroatoms. The molecule has 0 aliphatic carbocycles. The van der Waals surface area contributed by atoms with Gasteiger partial charge < -0.3 is 0 Å². The number of hydrogen-bond acceptors (Lipinski definition) is 5. The van der Waals surface area contributed by atoms with Crippen LogP contribution in [0, 0.1) is 4.77 Å². The van der Waals surface area contributed by atoms with Crippen molar-refractivity contribution in [1.29, 1.82) is 0 Å². The van der Waals surface area contributed by atoms with Crippen LogP contribution in [0.4, 0.5) is 0 Å².